The molecule has 0 N–H and O–H groups in total. The summed E-state index contributed by atoms with van der Waals surface area (Å²) >= 11 is 0. The molecule has 12 nitrogen and oxygen atoms in total. The SMILES string of the molecule is C=C1C[C@@H]2CC[C@@]34C[C@@H]5O[C@@H]6[C@@H](O[C@H]7CC[C@H](CC(=O)O[C@@H]8[C@@H](C)[C@@H]9O[C@H](CC=O)[C@H](C)C[C@@H]9O[C@H]8C[C@H]8O[C@@H](CC[C@@H]1O2)C[C@@H](C)C8=C)O[C@@H]7[C@@H]6O3)[C@H]5O4. The number of hydrogen-bond acceptors (Lipinski definition) is 12. The fourth-order valence-corrected chi connectivity index (χ4v) is 12.1. The number of carbonyl (C=O) groups excluding carboxylic acids is 2. The van der Waals surface area contributed by atoms with Crippen molar-refractivity contribution >= 4 is 12.3 Å². The molecule has 0 aromatic carbocycles. The molecule has 11 rings (SSSR count). The largest absolute Gasteiger partial charge is 0.459 e. The van der Waals surface area contributed by atoms with Gasteiger partial charge in [-0.1, -0.05) is 33.9 Å². The van der Waals surface area contributed by atoms with Gasteiger partial charge in [-0.05, 0) is 74.3 Å². The summed E-state index contributed by atoms with van der Waals surface area (Å²) in [5, 5.41) is 0. The van der Waals surface area contributed by atoms with E-state index in [4.69, 9.17) is 47.4 Å². The monoisotopic (exact) mass is 768 g/mol. The van der Waals surface area contributed by atoms with Crippen molar-refractivity contribution in [3.05, 3.63) is 24.3 Å². The van der Waals surface area contributed by atoms with Gasteiger partial charge >= 0.3 is 5.97 Å². The first-order valence-electron chi connectivity index (χ1n) is 21.5. The highest BCUT2D eigenvalue weighted by molar-refractivity contribution is 5.70. The summed E-state index contributed by atoms with van der Waals surface area (Å²) in [6, 6.07) is 0. The molecule has 11 heterocycles. The number of rotatable bonds is 2. The lowest BCUT2D eigenvalue weighted by atomic mass is 9.78. The molecule has 0 saturated carbocycles. The van der Waals surface area contributed by atoms with Gasteiger partial charge in [-0.2, -0.15) is 0 Å². The molecule has 0 radical (unpaired) electrons. The van der Waals surface area contributed by atoms with Gasteiger partial charge in [0.15, 0.2) is 5.79 Å². The van der Waals surface area contributed by atoms with E-state index < -0.39 is 24.1 Å². The summed E-state index contributed by atoms with van der Waals surface area (Å²) in [5.41, 5.74) is 2.19. The number of hydrogen-bond donors (Lipinski definition) is 0. The van der Waals surface area contributed by atoms with Gasteiger partial charge in [-0.25, -0.2) is 0 Å². The molecule has 11 saturated heterocycles. The molecule has 12 bridgehead atoms. The van der Waals surface area contributed by atoms with E-state index in [2.05, 4.69) is 33.9 Å². The fraction of sp³-hybridized carbons (Fsp3) is 0.860. The van der Waals surface area contributed by atoms with Crippen LogP contribution in [0.25, 0.3) is 0 Å². The Morgan fingerprint density at radius 3 is 2.25 bits per heavy atom. The molecule has 0 unspecified atom stereocenters. The van der Waals surface area contributed by atoms with Crippen molar-refractivity contribution in [3.63, 3.8) is 0 Å². The quantitative estimate of drug-likeness (QED) is 0.212. The number of aldehydes is 1. The zero-order chi connectivity index (χ0) is 37.7. The average Bonchev–Trinajstić information content (AvgIpc) is 3.74. The third-order valence-electron chi connectivity index (χ3n) is 15.1. The molecule has 0 amide bonds. The minimum absolute atomic E-state index is 0.0215. The summed E-state index contributed by atoms with van der Waals surface area (Å²) in [6.45, 7) is 15.4. The average molecular weight is 769 g/mol. The minimum atomic E-state index is -0.798. The van der Waals surface area contributed by atoms with Crippen molar-refractivity contribution in [3.8, 4) is 0 Å². The van der Waals surface area contributed by atoms with Gasteiger partial charge in [0.25, 0.3) is 0 Å². The molecular weight excluding hydrogens is 708 g/mol. The Hall–Kier alpha value is -1.74. The van der Waals surface area contributed by atoms with E-state index in [1.54, 1.807) is 0 Å². The van der Waals surface area contributed by atoms with Crippen LogP contribution in [0.3, 0.4) is 0 Å². The molecule has 11 aliphatic heterocycles. The van der Waals surface area contributed by atoms with Crippen molar-refractivity contribution in [2.24, 2.45) is 17.8 Å². The molecule has 0 aromatic rings. The first-order valence-corrected chi connectivity index (χ1v) is 21.5. The molecular formula is C43H60O12. The molecule has 12 heteroatoms. The number of ether oxygens (including phenoxy) is 10. The van der Waals surface area contributed by atoms with Gasteiger partial charge in [0.2, 0.25) is 0 Å². The van der Waals surface area contributed by atoms with Gasteiger partial charge in [0, 0.05) is 31.6 Å². The Morgan fingerprint density at radius 2 is 1.40 bits per heavy atom. The fourth-order valence-electron chi connectivity index (χ4n) is 12.1. The lowest BCUT2D eigenvalue weighted by Crippen LogP contribution is -2.62. The van der Waals surface area contributed by atoms with E-state index in [0.29, 0.717) is 32.1 Å². The first-order chi connectivity index (χ1) is 26.5. The third kappa shape index (κ3) is 6.71. The van der Waals surface area contributed by atoms with Crippen molar-refractivity contribution in [2.45, 2.75) is 214 Å². The lowest BCUT2D eigenvalue weighted by Gasteiger charge is -2.51. The van der Waals surface area contributed by atoms with Crippen LogP contribution in [0.1, 0.15) is 104 Å². The number of carbonyl (C=O) groups is 2. The van der Waals surface area contributed by atoms with Crippen LogP contribution in [0.4, 0.5) is 0 Å². The van der Waals surface area contributed by atoms with Crippen LogP contribution in [-0.4, -0.2) is 122 Å². The standard InChI is InChI=1S/C43H60O12/c1-20-14-25-6-8-28-21(2)15-27(46-28)10-12-43-19-34-39(54-43)40-41(52-34)42(55-43)38-30(51-40)9-7-26(48-38)17-35(45)53-37-24(5)36-32(16-22(3)29(50-36)11-13-44)49-33(37)18-31(47-25)23(20)4/h13,20,22,24-34,36-42H,2,4,6-12,14-19H2,1,3,5H3/t20-,22-,24+,25+,26-,27+,28+,29-,30+,31-,32+,33+,34+,36+,37-,38+,39+,40+,41-,42+,43+/m1/s1. The predicted octanol–water partition coefficient (Wildman–Crippen LogP) is 5.07. The van der Waals surface area contributed by atoms with Gasteiger partial charge < -0.3 is 52.2 Å². The molecule has 21 atom stereocenters. The van der Waals surface area contributed by atoms with E-state index in [9.17, 15) is 9.59 Å². The van der Waals surface area contributed by atoms with Crippen LogP contribution < -0.4 is 0 Å². The summed E-state index contributed by atoms with van der Waals surface area (Å²) < 4.78 is 67.3. The second kappa shape index (κ2) is 14.5. The zero-order valence-corrected chi connectivity index (χ0v) is 32.6. The van der Waals surface area contributed by atoms with Gasteiger partial charge in [0.05, 0.1) is 73.6 Å². The Morgan fingerprint density at radius 1 is 0.655 bits per heavy atom. The number of fused-ring (bicyclic) bond motifs is 7. The van der Waals surface area contributed by atoms with E-state index in [0.717, 1.165) is 62.4 Å². The van der Waals surface area contributed by atoms with Crippen molar-refractivity contribution in [2.75, 3.05) is 0 Å². The lowest BCUT2D eigenvalue weighted by molar-refractivity contribution is -0.293. The van der Waals surface area contributed by atoms with Gasteiger partial charge in [-0.15, -0.1) is 0 Å². The Kier molecular flexibility index (Phi) is 9.90. The highest BCUT2D eigenvalue weighted by Crippen LogP contribution is 2.54. The summed E-state index contributed by atoms with van der Waals surface area (Å²) in [6.07, 6.45) is 5.74. The van der Waals surface area contributed by atoms with E-state index in [1.165, 1.54) is 0 Å². The molecule has 0 aliphatic carbocycles. The second-order valence-electron chi connectivity index (χ2n) is 18.8. The van der Waals surface area contributed by atoms with Crippen LogP contribution in [0.2, 0.25) is 0 Å². The summed E-state index contributed by atoms with van der Waals surface area (Å²) in [4.78, 5) is 25.6. The summed E-state index contributed by atoms with van der Waals surface area (Å²) in [5.74, 6) is -0.866. The maximum atomic E-state index is 14.1. The van der Waals surface area contributed by atoms with Crippen molar-refractivity contribution in [1.82, 2.24) is 0 Å². The highest BCUT2D eigenvalue weighted by Gasteiger charge is 2.69. The Bertz CT molecular complexity index is 1520. The summed E-state index contributed by atoms with van der Waals surface area (Å²) in [7, 11) is 0. The van der Waals surface area contributed by atoms with Crippen LogP contribution in [0.15, 0.2) is 24.3 Å². The van der Waals surface area contributed by atoms with Crippen molar-refractivity contribution in [1.29, 1.82) is 0 Å². The third-order valence-corrected chi connectivity index (χ3v) is 15.1. The molecule has 0 aromatic heterocycles. The maximum Gasteiger partial charge on any atom is 0.308 e. The van der Waals surface area contributed by atoms with Crippen molar-refractivity contribution < 1.29 is 57.0 Å². The Labute approximate surface area is 324 Å². The molecule has 304 valence electrons. The smallest absolute Gasteiger partial charge is 0.308 e. The normalized spacial score (nSPS) is 54.9. The molecule has 11 fully saturated rings. The zero-order valence-electron chi connectivity index (χ0n) is 32.6. The maximum absolute atomic E-state index is 14.1. The van der Waals surface area contributed by atoms with E-state index >= 15 is 0 Å². The first kappa shape index (κ1) is 37.5. The van der Waals surface area contributed by atoms with Crippen LogP contribution in [-0.2, 0) is 57.0 Å². The molecule has 11 aliphatic rings. The predicted molar refractivity (Wildman–Crippen MR) is 195 cm³/mol. The topological polar surface area (TPSA) is 126 Å². The number of esters is 1. The highest BCUT2D eigenvalue weighted by atomic mass is 16.8. The van der Waals surface area contributed by atoms with E-state index in [-0.39, 0.29) is 116 Å². The molecule has 55 heavy (non-hydrogen) atoms. The van der Waals surface area contributed by atoms with Crippen LogP contribution >= 0.6 is 0 Å². The second-order valence-corrected chi connectivity index (χ2v) is 18.8. The van der Waals surface area contributed by atoms with Crippen LogP contribution in [0, 0.1) is 17.8 Å². The van der Waals surface area contributed by atoms with Gasteiger partial charge in [0.1, 0.15) is 42.9 Å². The van der Waals surface area contributed by atoms with Gasteiger partial charge in [-0.3, -0.25) is 4.79 Å². The molecule has 1 spiro atoms. The van der Waals surface area contributed by atoms with E-state index in [1.807, 2.05) is 0 Å². The van der Waals surface area contributed by atoms with Crippen LogP contribution in [0.5, 0.6) is 0 Å². The minimum Gasteiger partial charge on any atom is -0.459 e. The Balaban J connectivity index is 0.936.